The predicted molar refractivity (Wildman–Crippen MR) is 104 cm³/mol. The van der Waals surface area contributed by atoms with E-state index in [0.29, 0.717) is 12.1 Å². The zero-order valence-electron chi connectivity index (χ0n) is 14.9. The van der Waals surface area contributed by atoms with Crippen molar-refractivity contribution in [2.24, 2.45) is 0 Å². The lowest BCUT2D eigenvalue weighted by Crippen LogP contribution is -2.33. The van der Waals surface area contributed by atoms with E-state index < -0.39 is 10.0 Å². The maximum atomic E-state index is 13.2. The zero-order chi connectivity index (χ0) is 18.9. The standard InChI is InChI=1S/C20H22N2O3S/c1-4-12-21(18-8-6-5-7-9-18)26(24,25)19-10-11-20-17(14-19)13-15(2)22(20)16(3)23/h4-11,14-15H,1,12-13H2,2-3H3/t15-/m1/s1. The molecule has 1 aliphatic rings. The van der Waals surface area contributed by atoms with E-state index in [-0.39, 0.29) is 23.4 Å². The van der Waals surface area contributed by atoms with Crippen molar-refractivity contribution >= 4 is 27.3 Å². The minimum absolute atomic E-state index is 0.0267. The van der Waals surface area contributed by atoms with Crippen LogP contribution >= 0.6 is 0 Å². The van der Waals surface area contributed by atoms with Gasteiger partial charge < -0.3 is 4.90 Å². The molecule has 0 fully saturated rings. The Bertz CT molecular complexity index is 939. The summed E-state index contributed by atoms with van der Waals surface area (Å²) >= 11 is 0. The van der Waals surface area contributed by atoms with Crippen LogP contribution in [0.25, 0.3) is 0 Å². The van der Waals surface area contributed by atoms with Crippen molar-refractivity contribution in [2.75, 3.05) is 15.7 Å². The smallest absolute Gasteiger partial charge is 0.264 e. The Balaban J connectivity index is 2.04. The summed E-state index contributed by atoms with van der Waals surface area (Å²) in [5, 5.41) is 0. The molecule has 26 heavy (non-hydrogen) atoms. The molecule has 0 N–H and O–H groups in total. The molecule has 0 unspecified atom stereocenters. The SMILES string of the molecule is C=CCN(c1ccccc1)S(=O)(=O)c1ccc2c(c1)C[C@@H](C)N2C(C)=O. The molecule has 0 saturated heterocycles. The fourth-order valence-electron chi connectivity index (χ4n) is 3.43. The fraction of sp³-hybridized carbons (Fsp3) is 0.250. The summed E-state index contributed by atoms with van der Waals surface area (Å²) in [5.41, 5.74) is 2.26. The molecular weight excluding hydrogens is 348 g/mol. The molecule has 0 radical (unpaired) electrons. The molecule has 1 amide bonds. The molecule has 3 rings (SSSR count). The lowest BCUT2D eigenvalue weighted by Gasteiger charge is -2.24. The number of nitrogens with zero attached hydrogens (tertiary/aromatic N) is 2. The first kappa shape index (κ1) is 18.2. The number of sulfonamides is 1. The van der Waals surface area contributed by atoms with E-state index >= 15 is 0 Å². The Morgan fingerprint density at radius 3 is 2.58 bits per heavy atom. The number of carbonyl (C=O) groups excluding carboxylic acids is 1. The number of anilines is 2. The van der Waals surface area contributed by atoms with Crippen LogP contribution in [0, 0.1) is 0 Å². The van der Waals surface area contributed by atoms with Crippen LogP contribution in [-0.4, -0.2) is 26.9 Å². The van der Waals surface area contributed by atoms with Gasteiger partial charge in [0, 0.05) is 18.7 Å². The third kappa shape index (κ3) is 3.12. The van der Waals surface area contributed by atoms with E-state index in [1.807, 2.05) is 13.0 Å². The van der Waals surface area contributed by atoms with Crippen molar-refractivity contribution < 1.29 is 13.2 Å². The number of amides is 1. The van der Waals surface area contributed by atoms with Crippen LogP contribution in [0.15, 0.2) is 66.1 Å². The molecule has 1 heterocycles. The minimum Gasteiger partial charge on any atom is -0.309 e. The van der Waals surface area contributed by atoms with Crippen molar-refractivity contribution in [3.63, 3.8) is 0 Å². The van der Waals surface area contributed by atoms with Gasteiger partial charge in [0.15, 0.2) is 0 Å². The molecule has 1 atom stereocenters. The van der Waals surface area contributed by atoms with Crippen LogP contribution < -0.4 is 9.21 Å². The topological polar surface area (TPSA) is 57.7 Å². The first-order valence-electron chi connectivity index (χ1n) is 8.47. The summed E-state index contributed by atoms with van der Waals surface area (Å²) in [6, 6.07) is 14.0. The van der Waals surface area contributed by atoms with Gasteiger partial charge in [0.2, 0.25) is 5.91 Å². The number of benzene rings is 2. The molecule has 0 spiro atoms. The third-order valence-corrected chi connectivity index (χ3v) is 6.32. The Labute approximate surface area is 154 Å². The molecule has 5 nitrogen and oxygen atoms in total. The summed E-state index contributed by atoms with van der Waals surface area (Å²) in [5.74, 6) is -0.0376. The van der Waals surface area contributed by atoms with Crippen molar-refractivity contribution in [3.05, 3.63) is 66.7 Å². The highest BCUT2D eigenvalue weighted by atomic mass is 32.2. The molecule has 2 aromatic rings. The van der Waals surface area contributed by atoms with Gasteiger partial charge in [-0.3, -0.25) is 9.10 Å². The lowest BCUT2D eigenvalue weighted by atomic mass is 10.1. The number of fused-ring (bicyclic) bond motifs is 1. The summed E-state index contributed by atoms with van der Waals surface area (Å²) in [6.45, 7) is 7.35. The van der Waals surface area contributed by atoms with Gasteiger partial charge in [0.05, 0.1) is 17.1 Å². The maximum Gasteiger partial charge on any atom is 0.264 e. The van der Waals surface area contributed by atoms with Crippen molar-refractivity contribution in [2.45, 2.75) is 31.2 Å². The lowest BCUT2D eigenvalue weighted by molar-refractivity contribution is -0.116. The molecule has 0 bridgehead atoms. The van der Waals surface area contributed by atoms with Gasteiger partial charge in [-0.05, 0) is 49.2 Å². The summed E-state index contributed by atoms with van der Waals surface area (Å²) in [6.07, 6.45) is 2.21. The fourth-order valence-corrected chi connectivity index (χ4v) is 4.92. The van der Waals surface area contributed by atoms with Gasteiger partial charge in [-0.25, -0.2) is 8.42 Å². The Hall–Kier alpha value is -2.60. The molecule has 6 heteroatoms. The van der Waals surface area contributed by atoms with E-state index in [4.69, 9.17) is 0 Å². The summed E-state index contributed by atoms with van der Waals surface area (Å²) in [4.78, 5) is 13.8. The Morgan fingerprint density at radius 2 is 1.96 bits per heavy atom. The van der Waals surface area contributed by atoms with Gasteiger partial charge in [0.1, 0.15) is 0 Å². The second kappa shape index (κ2) is 6.96. The quantitative estimate of drug-likeness (QED) is 0.758. The third-order valence-electron chi connectivity index (χ3n) is 4.53. The van der Waals surface area contributed by atoms with Crippen LogP contribution in [0.3, 0.4) is 0 Å². The van der Waals surface area contributed by atoms with Gasteiger partial charge in [-0.2, -0.15) is 0 Å². The molecule has 2 aromatic carbocycles. The number of carbonyl (C=O) groups is 1. The van der Waals surface area contributed by atoms with Crippen LogP contribution in [0.2, 0.25) is 0 Å². The number of rotatable bonds is 5. The van der Waals surface area contributed by atoms with E-state index in [1.165, 1.54) is 11.2 Å². The highest BCUT2D eigenvalue weighted by Crippen LogP contribution is 2.35. The Kier molecular flexibility index (Phi) is 4.87. The molecule has 0 aliphatic carbocycles. The highest BCUT2D eigenvalue weighted by molar-refractivity contribution is 7.92. The second-order valence-corrected chi connectivity index (χ2v) is 8.26. The first-order chi connectivity index (χ1) is 12.4. The zero-order valence-corrected chi connectivity index (χ0v) is 15.7. The number of hydrogen-bond acceptors (Lipinski definition) is 3. The van der Waals surface area contributed by atoms with Gasteiger partial charge in [-0.1, -0.05) is 24.3 Å². The highest BCUT2D eigenvalue weighted by Gasteiger charge is 2.31. The average molecular weight is 370 g/mol. The molecule has 136 valence electrons. The molecule has 0 aromatic heterocycles. The maximum absolute atomic E-state index is 13.2. The normalized spacial score (nSPS) is 16.2. The number of hydrogen-bond donors (Lipinski definition) is 0. The van der Waals surface area contributed by atoms with Crippen LogP contribution in [0.5, 0.6) is 0 Å². The van der Waals surface area contributed by atoms with E-state index in [2.05, 4.69) is 6.58 Å². The van der Waals surface area contributed by atoms with E-state index in [0.717, 1.165) is 11.3 Å². The van der Waals surface area contributed by atoms with E-state index in [9.17, 15) is 13.2 Å². The predicted octanol–water partition coefficient (Wildman–Crippen LogP) is 3.37. The summed E-state index contributed by atoms with van der Waals surface area (Å²) in [7, 11) is -3.73. The monoisotopic (exact) mass is 370 g/mol. The molecular formula is C20H22N2O3S. The van der Waals surface area contributed by atoms with Crippen molar-refractivity contribution in [1.82, 2.24) is 0 Å². The molecule has 0 saturated carbocycles. The van der Waals surface area contributed by atoms with Crippen LogP contribution in [0.4, 0.5) is 11.4 Å². The number of para-hydroxylation sites is 1. The van der Waals surface area contributed by atoms with Crippen molar-refractivity contribution in [1.29, 1.82) is 0 Å². The van der Waals surface area contributed by atoms with Crippen molar-refractivity contribution in [3.8, 4) is 0 Å². The first-order valence-corrected chi connectivity index (χ1v) is 9.91. The summed E-state index contributed by atoms with van der Waals surface area (Å²) < 4.78 is 27.8. The van der Waals surface area contributed by atoms with Crippen LogP contribution in [-0.2, 0) is 21.2 Å². The van der Waals surface area contributed by atoms with E-state index in [1.54, 1.807) is 53.4 Å². The van der Waals surface area contributed by atoms with Gasteiger partial charge in [0.25, 0.3) is 10.0 Å². The van der Waals surface area contributed by atoms with Gasteiger partial charge in [-0.15, -0.1) is 6.58 Å². The van der Waals surface area contributed by atoms with Gasteiger partial charge >= 0.3 is 0 Å². The minimum atomic E-state index is -3.73. The average Bonchev–Trinajstić information content (AvgIpc) is 2.95. The Morgan fingerprint density at radius 1 is 1.27 bits per heavy atom. The largest absolute Gasteiger partial charge is 0.309 e. The molecule has 1 aliphatic heterocycles. The van der Waals surface area contributed by atoms with Crippen LogP contribution in [0.1, 0.15) is 19.4 Å². The second-order valence-electron chi connectivity index (χ2n) is 6.39.